The van der Waals surface area contributed by atoms with Crippen LogP contribution in [0.1, 0.15) is 35.3 Å². The first kappa shape index (κ1) is 13.1. The molecule has 0 bridgehead atoms. The van der Waals surface area contributed by atoms with E-state index in [1.54, 1.807) is 7.11 Å². The number of carbonyl (C=O) groups is 1. The summed E-state index contributed by atoms with van der Waals surface area (Å²) < 4.78 is 5.23. The van der Waals surface area contributed by atoms with E-state index in [-0.39, 0.29) is 5.91 Å². The predicted molar refractivity (Wildman–Crippen MR) is 70.7 cm³/mol. The van der Waals surface area contributed by atoms with Gasteiger partial charge in [0.25, 0.3) is 5.91 Å². The van der Waals surface area contributed by atoms with E-state index < -0.39 is 0 Å². The lowest BCUT2D eigenvalue weighted by atomic mass is 10.0. The first-order chi connectivity index (χ1) is 8.72. The van der Waals surface area contributed by atoms with E-state index in [0.29, 0.717) is 5.92 Å². The number of aryl methyl sites for hydroxylation is 1. The number of rotatable bonds is 3. The summed E-state index contributed by atoms with van der Waals surface area (Å²) in [7, 11) is 1.73. The molecule has 1 amide bonds. The Morgan fingerprint density at radius 2 is 2.39 bits per heavy atom. The normalized spacial score (nSPS) is 20.8. The van der Waals surface area contributed by atoms with Crippen LogP contribution in [0.5, 0.6) is 0 Å². The van der Waals surface area contributed by atoms with Crippen LogP contribution in [0.4, 0.5) is 0 Å². The highest BCUT2D eigenvalue weighted by molar-refractivity contribution is 5.93. The summed E-state index contributed by atoms with van der Waals surface area (Å²) in [5.41, 5.74) is 1.75. The molecule has 0 saturated carbocycles. The standard InChI is InChI=1S/C14H22N2O2/c1-11-6-7-15-13(11)14(17)16-8-4-3-5-12(9-16)10-18-2/h6-7,12,15H,3-5,8-10H2,1-2H3. The number of ether oxygens (including phenoxy) is 1. The summed E-state index contributed by atoms with van der Waals surface area (Å²) in [6, 6.07) is 1.94. The van der Waals surface area contributed by atoms with Gasteiger partial charge in [0, 0.05) is 26.4 Å². The molecular formula is C14H22N2O2. The van der Waals surface area contributed by atoms with Crippen molar-refractivity contribution >= 4 is 5.91 Å². The average Bonchev–Trinajstić information content (AvgIpc) is 2.64. The number of nitrogens with zero attached hydrogens (tertiary/aromatic N) is 1. The SMILES string of the molecule is COCC1CCCCN(C(=O)c2[nH]ccc2C)C1. The van der Waals surface area contributed by atoms with E-state index in [9.17, 15) is 4.79 Å². The molecule has 4 nitrogen and oxygen atoms in total. The Kier molecular flexibility index (Phi) is 4.42. The minimum Gasteiger partial charge on any atom is -0.384 e. The van der Waals surface area contributed by atoms with Gasteiger partial charge in [0.1, 0.15) is 5.69 Å². The Balaban J connectivity index is 2.06. The van der Waals surface area contributed by atoms with E-state index in [4.69, 9.17) is 4.74 Å². The van der Waals surface area contributed by atoms with Crippen molar-refractivity contribution in [2.45, 2.75) is 26.2 Å². The molecule has 0 aliphatic carbocycles. The largest absolute Gasteiger partial charge is 0.384 e. The molecular weight excluding hydrogens is 228 g/mol. The van der Waals surface area contributed by atoms with Gasteiger partial charge in [-0.1, -0.05) is 6.42 Å². The summed E-state index contributed by atoms with van der Waals surface area (Å²) >= 11 is 0. The van der Waals surface area contributed by atoms with Crippen LogP contribution in [-0.2, 0) is 4.74 Å². The zero-order valence-corrected chi connectivity index (χ0v) is 11.2. The van der Waals surface area contributed by atoms with Gasteiger partial charge in [-0.25, -0.2) is 0 Å². The van der Waals surface area contributed by atoms with Gasteiger partial charge in [0.15, 0.2) is 0 Å². The van der Waals surface area contributed by atoms with Crippen LogP contribution in [0.25, 0.3) is 0 Å². The molecule has 1 aromatic rings. The highest BCUT2D eigenvalue weighted by atomic mass is 16.5. The number of H-pyrrole nitrogens is 1. The number of nitrogens with one attached hydrogen (secondary N) is 1. The van der Waals surface area contributed by atoms with Crippen LogP contribution in [0, 0.1) is 12.8 Å². The van der Waals surface area contributed by atoms with Crippen molar-refractivity contribution in [2.24, 2.45) is 5.92 Å². The summed E-state index contributed by atoms with van der Waals surface area (Å²) in [5.74, 6) is 0.595. The summed E-state index contributed by atoms with van der Waals surface area (Å²) in [4.78, 5) is 17.5. The Morgan fingerprint density at radius 1 is 1.56 bits per heavy atom. The third-order valence-corrected chi connectivity index (χ3v) is 3.63. The summed E-state index contributed by atoms with van der Waals surface area (Å²) in [5, 5.41) is 0. The molecule has 1 saturated heterocycles. The van der Waals surface area contributed by atoms with Gasteiger partial charge in [-0.2, -0.15) is 0 Å². The molecule has 1 aromatic heterocycles. The Hall–Kier alpha value is -1.29. The summed E-state index contributed by atoms with van der Waals surface area (Å²) in [6.45, 7) is 4.38. The molecule has 2 heterocycles. The predicted octanol–water partition coefficient (Wildman–Crippen LogP) is 2.21. The number of methoxy groups -OCH3 is 1. The van der Waals surface area contributed by atoms with E-state index in [1.165, 1.54) is 6.42 Å². The van der Waals surface area contributed by atoms with Crippen LogP contribution in [0.3, 0.4) is 0 Å². The Labute approximate surface area is 108 Å². The van der Waals surface area contributed by atoms with Crippen LogP contribution < -0.4 is 0 Å². The molecule has 1 atom stereocenters. The lowest BCUT2D eigenvalue weighted by molar-refractivity contribution is 0.0691. The molecule has 2 rings (SSSR count). The molecule has 0 spiro atoms. The fraction of sp³-hybridized carbons (Fsp3) is 0.643. The second-order valence-corrected chi connectivity index (χ2v) is 5.10. The fourth-order valence-electron chi connectivity index (χ4n) is 2.62. The van der Waals surface area contributed by atoms with Crippen molar-refractivity contribution in [1.29, 1.82) is 0 Å². The molecule has 1 aliphatic rings. The Bertz CT molecular complexity index is 400. The molecule has 0 aromatic carbocycles. The maximum absolute atomic E-state index is 12.4. The van der Waals surface area contributed by atoms with Crippen LogP contribution in [0.15, 0.2) is 12.3 Å². The van der Waals surface area contributed by atoms with E-state index in [2.05, 4.69) is 4.98 Å². The monoisotopic (exact) mass is 250 g/mol. The van der Waals surface area contributed by atoms with Gasteiger partial charge in [-0.05, 0) is 37.3 Å². The number of hydrogen-bond acceptors (Lipinski definition) is 2. The lowest BCUT2D eigenvalue weighted by Crippen LogP contribution is -2.36. The van der Waals surface area contributed by atoms with Gasteiger partial charge in [0.05, 0.1) is 6.61 Å². The van der Waals surface area contributed by atoms with Crippen molar-refractivity contribution < 1.29 is 9.53 Å². The molecule has 1 fully saturated rings. The summed E-state index contributed by atoms with van der Waals surface area (Å²) in [6.07, 6.45) is 5.25. The minimum atomic E-state index is 0.125. The fourth-order valence-corrected chi connectivity index (χ4v) is 2.62. The van der Waals surface area contributed by atoms with E-state index >= 15 is 0 Å². The number of amides is 1. The van der Waals surface area contributed by atoms with Crippen molar-refractivity contribution in [1.82, 2.24) is 9.88 Å². The van der Waals surface area contributed by atoms with Crippen molar-refractivity contribution in [3.05, 3.63) is 23.5 Å². The third-order valence-electron chi connectivity index (χ3n) is 3.63. The number of aromatic nitrogens is 1. The smallest absolute Gasteiger partial charge is 0.270 e. The second-order valence-electron chi connectivity index (χ2n) is 5.10. The first-order valence-corrected chi connectivity index (χ1v) is 6.64. The van der Waals surface area contributed by atoms with Gasteiger partial charge < -0.3 is 14.6 Å². The third kappa shape index (κ3) is 2.93. The highest BCUT2D eigenvalue weighted by Gasteiger charge is 2.24. The zero-order chi connectivity index (χ0) is 13.0. The number of aromatic amines is 1. The minimum absolute atomic E-state index is 0.125. The van der Waals surface area contributed by atoms with Crippen molar-refractivity contribution in [3.63, 3.8) is 0 Å². The second kappa shape index (κ2) is 6.05. The molecule has 4 heteroatoms. The van der Waals surface area contributed by atoms with Crippen LogP contribution >= 0.6 is 0 Å². The first-order valence-electron chi connectivity index (χ1n) is 6.64. The quantitative estimate of drug-likeness (QED) is 0.894. The molecule has 100 valence electrons. The Morgan fingerprint density at radius 3 is 3.06 bits per heavy atom. The van der Waals surface area contributed by atoms with Gasteiger partial charge in [0.2, 0.25) is 0 Å². The number of carbonyl (C=O) groups excluding carboxylic acids is 1. The lowest BCUT2D eigenvalue weighted by Gasteiger charge is -2.24. The van der Waals surface area contributed by atoms with Gasteiger partial charge in [-0.15, -0.1) is 0 Å². The topological polar surface area (TPSA) is 45.3 Å². The molecule has 18 heavy (non-hydrogen) atoms. The van der Waals surface area contributed by atoms with Gasteiger partial charge >= 0.3 is 0 Å². The molecule has 1 N–H and O–H groups in total. The van der Waals surface area contributed by atoms with Gasteiger partial charge in [-0.3, -0.25) is 4.79 Å². The number of likely N-dealkylation sites (tertiary alicyclic amines) is 1. The van der Waals surface area contributed by atoms with E-state index in [0.717, 1.165) is 43.8 Å². The number of hydrogen-bond donors (Lipinski definition) is 1. The van der Waals surface area contributed by atoms with Crippen LogP contribution in [0.2, 0.25) is 0 Å². The van der Waals surface area contributed by atoms with Crippen molar-refractivity contribution in [2.75, 3.05) is 26.8 Å². The molecule has 1 aliphatic heterocycles. The molecule has 1 unspecified atom stereocenters. The average molecular weight is 250 g/mol. The van der Waals surface area contributed by atoms with Crippen LogP contribution in [-0.4, -0.2) is 42.6 Å². The maximum atomic E-state index is 12.4. The highest BCUT2D eigenvalue weighted by Crippen LogP contribution is 2.19. The molecule has 0 radical (unpaired) electrons. The van der Waals surface area contributed by atoms with E-state index in [1.807, 2.05) is 24.1 Å². The zero-order valence-electron chi connectivity index (χ0n) is 11.2. The van der Waals surface area contributed by atoms with Crippen molar-refractivity contribution in [3.8, 4) is 0 Å². The maximum Gasteiger partial charge on any atom is 0.270 e.